The zero-order valence-corrected chi connectivity index (χ0v) is 16.5. The highest BCUT2D eigenvalue weighted by Gasteiger charge is 2.37. The summed E-state index contributed by atoms with van der Waals surface area (Å²) in [6.45, 7) is 2.42. The van der Waals surface area contributed by atoms with Crippen LogP contribution in [0.3, 0.4) is 0 Å². The Hall–Kier alpha value is -2.70. The second kappa shape index (κ2) is 9.20. The van der Waals surface area contributed by atoms with Crippen molar-refractivity contribution in [1.82, 2.24) is 21.1 Å². The second-order valence-corrected chi connectivity index (χ2v) is 7.86. The number of hydrazine groups is 1. The van der Waals surface area contributed by atoms with Crippen molar-refractivity contribution in [2.75, 3.05) is 26.2 Å². The molecule has 6 heteroatoms. The van der Waals surface area contributed by atoms with Gasteiger partial charge in [0.05, 0.1) is 6.54 Å². The van der Waals surface area contributed by atoms with E-state index in [-0.39, 0.29) is 18.4 Å². The van der Waals surface area contributed by atoms with Gasteiger partial charge in [0.2, 0.25) is 5.91 Å². The van der Waals surface area contributed by atoms with Gasteiger partial charge in [0.15, 0.2) is 0 Å². The summed E-state index contributed by atoms with van der Waals surface area (Å²) in [5, 5.41) is 2.76. The number of nitrogens with one attached hydrogen (secondary N) is 3. The molecule has 2 aromatic rings. The molecule has 152 valence electrons. The standard InChI is InChI=1S/C23H28N4O2/c28-21(15-24-23(29)18-10-5-2-6-11-18)27-13-7-12-19(16-27)22-20(14-25-26-22)17-8-3-1-4-9-17/h1-6,8-11,19-20,22,25-26H,7,12-16H2,(H,24,29). The van der Waals surface area contributed by atoms with Crippen molar-refractivity contribution in [3.8, 4) is 0 Å². The van der Waals surface area contributed by atoms with Gasteiger partial charge in [-0.3, -0.25) is 20.4 Å². The molecule has 4 rings (SSSR count). The first-order chi connectivity index (χ1) is 14.2. The lowest BCUT2D eigenvalue weighted by Crippen LogP contribution is -2.50. The molecule has 0 saturated carbocycles. The minimum atomic E-state index is -0.210. The first kappa shape index (κ1) is 19.6. The summed E-state index contributed by atoms with van der Waals surface area (Å²) in [5.74, 6) is 0.561. The fourth-order valence-electron chi connectivity index (χ4n) is 4.48. The zero-order chi connectivity index (χ0) is 20.1. The Morgan fingerprint density at radius 2 is 1.76 bits per heavy atom. The molecule has 2 aromatic carbocycles. The molecule has 3 unspecified atom stereocenters. The van der Waals surface area contributed by atoms with Crippen molar-refractivity contribution >= 4 is 11.8 Å². The summed E-state index contributed by atoms with van der Waals surface area (Å²) in [4.78, 5) is 26.8. The minimum Gasteiger partial charge on any atom is -0.343 e. The molecule has 3 N–H and O–H groups in total. The van der Waals surface area contributed by atoms with Crippen LogP contribution in [-0.2, 0) is 4.79 Å². The molecule has 0 spiro atoms. The number of hydrogen-bond acceptors (Lipinski definition) is 4. The Morgan fingerprint density at radius 3 is 2.52 bits per heavy atom. The number of benzene rings is 2. The minimum absolute atomic E-state index is 0.0128. The van der Waals surface area contributed by atoms with E-state index in [2.05, 4.69) is 40.4 Å². The molecule has 6 nitrogen and oxygen atoms in total. The average molecular weight is 393 g/mol. The van der Waals surface area contributed by atoms with Crippen molar-refractivity contribution in [1.29, 1.82) is 0 Å². The number of amides is 2. The fraction of sp³-hybridized carbons (Fsp3) is 0.391. The molecule has 0 bridgehead atoms. The maximum atomic E-state index is 12.7. The van der Waals surface area contributed by atoms with Crippen molar-refractivity contribution in [2.45, 2.75) is 24.8 Å². The summed E-state index contributed by atoms with van der Waals surface area (Å²) < 4.78 is 0. The molecule has 2 aliphatic heterocycles. The van der Waals surface area contributed by atoms with E-state index in [1.54, 1.807) is 12.1 Å². The number of likely N-dealkylation sites (tertiary alicyclic amines) is 1. The van der Waals surface area contributed by atoms with Gasteiger partial charge in [-0.2, -0.15) is 0 Å². The quantitative estimate of drug-likeness (QED) is 0.727. The van der Waals surface area contributed by atoms with Crippen LogP contribution in [0.1, 0.15) is 34.7 Å². The number of rotatable bonds is 5. The Morgan fingerprint density at radius 1 is 1.03 bits per heavy atom. The predicted molar refractivity (Wildman–Crippen MR) is 112 cm³/mol. The predicted octanol–water partition coefficient (Wildman–Crippen LogP) is 1.92. The van der Waals surface area contributed by atoms with Gasteiger partial charge in [0.25, 0.3) is 5.91 Å². The lowest BCUT2D eigenvalue weighted by molar-refractivity contribution is -0.132. The van der Waals surface area contributed by atoms with Crippen LogP contribution in [0.25, 0.3) is 0 Å². The smallest absolute Gasteiger partial charge is 0.251 e. The number of carbonyl (C=O) groups is 2. The monoisotopic (exact) mass is 392 g/mol. The van der Waals surface area contributed by atoms with Crippen molar-refractivity contribution < 1.29 is 9.59 Å². The normalized spacial score (nSPS) is 24.3. The van der Waals surface area contributed by atoms with E-state index in [4.69, 9.17) is 0 Å². The summed E-state index contributed by atoms with van der Waals surface area (Å²) in [6, 6.07) is 19.9. The molecule has 29 heavy (non-hydrogen) atoms. The van der Waals surface area contributed by atoms with Gasteiger partial charge in [-0.1, -0.05) is 48.5 Å². The Bertz CT molecular complexity index is 827. The van der Waals surface area contributed by atoms with E-state index in [0.29, 0.717) is 23.4 Å². The molecular formula is C23H28N4O2. The van der Waals surface area contributed by atoms with Crippen LogP contribution in [0.5, 0.6) is 0 Å². The third kappa shape index (κ3) is 4.66. The molecule has 0 aromatic heterocycles. The van der Waals surface area contributed by atoms with E-state index < -0.39 is 0 Å². The summed E-state index contributed by atoms with van der Waals surface area (Å²) in [5.41, 5.74) is 8.66. The molecule has 2 heterocycles. The highest BCUT2D eigenvalue weighted by atomic mass is 16.2. The molecule has 3 atom stereocenters. The topological polar surface area (TPSA) is 73.5 Å². The molecule has 2 amide bonds. The highest BCUT2D eigenvalue weighted by molar-refractivity contribution is 5.96. The van der Waals surface area contributed by atoms with E-state index >= 15 is 0 Å². The van der Waals surface area contributed by atoms with E-state index in [1.165, 1.54) is 5.56 Å². The zero-order valence-electron chi connectivity index (χ0n) is 16.5. The summed E-state index contributed by atoms with van der Waals surface area (Å²) in [6.07, 6.45) is 2.09. The number of hydrogen-bond donors (Lipinski definition) is 3. The lowest BCUT2D eigenvalue weighted by Gasteiger charge is -2.37. The first-order valence-electron chi connectivity index (χ1n) is 10.4. The van der Waals surface area contributed by atoms with Crippen LogP contribution < -0.4 is 16.2 Å². The van der Waals surface area contributed by atoms with Gasteiger partial charge < -0.3 is 10.2 Å². The first-order valence-corrected chi connectivity index (χ1v) is 10.4. The van der Waals surface area contributed by atoms with Gasteiger partial charge in [0, 0.05) is 37.2 Å². The third-order valence-corrected chi connectivity index (χ3v) is 6.01. The van der Waals surface area contributed by atoms with Crippen LogP contribution in [0.15, 0.2) is 60.7 Å². The summed E-state index contributed by atoms with van der Waals surface area (Å²) >= 11 is 0. The van der Waals surface area contributed by atoms with Gasteiger partial charge in [0.1, 0.15) is 0 Å². The third-order valence-electron chi connectivity index (χ3n) is 6.01. The van der Waals surface area contributed by atoms with Crippen LogP contribution in [-0.4, -0.2) is 48.9 Å². The summed E-state index contributed by atoms with van der Waals surface area (Å²) in [7, 11) is 0. The lowest BCUT2D eigenvalue weighted by atomic mass is 9.81. The molecular weight excluding hydrogens is 364 g/mol. The largest absolute Gasteiger partial charge is 0.343 e. The van der Waals surface area contributed by atoms with E-state index in [0.717, 1.165) is 32.5 Å². The van der Waals surface area contributed by atoms with E-state index in [9.17, 15) is 9.59 Å². The van der Waals surface area contributed by atoms with Crippen LogP contribution >= 0.6 is 0 Å². The molecule has 0 radical (unpaired) electrons. The van der Waals surface area contributed by atoms with Gasteiger partial charge in [-0.05, 0) is 36.5 Å². The Labute approximate surface area is 171 Å². The van der Waals surface area contributed by atoms with Crippen molar-refractivity contribution in [3.05, 3.63) is 71.8 Å². The number of carbonyl (C=O) groups excluding carboxylic acids is 2. The van der Waals surface area contributed by atoms with Gasteiger partial charge >= 0.3 is 0 Å². The molecule has 2 fully saturated rings. The molecule has 2 saturated heterocycles. The van der Waals surface area contributed by atoms with Gasteiger partial charge in [-0.15, -0.1) is 0 Å². The molecule has 0 aliphatic carbocycles. The van der Waals surface area contributed by atoms with Crippen LogP contribution in [0.4, 0.5) is 0 Å². The van der Waals surface area contributed by atoms with Crippen LogP contribution in [0.2, 0.25) is 0 Å². The van der Waals surface area contributed by atoms with E-state index in [1.807, 2.05) is 29.2 Å². The average Bonchev–Trinajstić information content (AvgIpc) is 3.28. The SMILES string of the molecule is O=C(NCC(=O)N1CCCC(C2NNCC2c2ccccc2)C1)c1ccccc1. The highest BCUT2D eigenvalue weighted by Crippen LogP contribution is 2.31. The fourth-order valence-corrected chi connectivity index (χ4v) is 4.48. The van der Waals surface area contributed by atoms with Gasteiger partial charge in [-0.25, -0.2) is 0 Å². The number of nitrogens with zero attached hydrogens (tertiary/aromatic N) is 1. The number of piperidine rings is 1. The maximum Gasteiger partial charge on any atom is 0.251 e. The maximum absolute atomic E-state index is 12.7. The second-order valence-electron chi connectivity index (χ2n) is 7.86. The molecule has 2 aliphatic rings. The van der Waals surface area contributed by atoms with Crippen molar-refractivity contribution in [2.24, 2.45) is 5.92 Å². The Kier molecular flexibility index (Phi) is 6.22. The van der Waals surface area contributed by atoms with Crippen LogP contribution in [0, 0.1) is 5.92 Å². The van der Waals surface area contributed by atoms with Crippen molar-refractivity contribution in [3.63, 3.8) is 0 Å². The Balaban J connectivity index is 1.34.